The van der Waals surface area contributed by atoms with Crippen LogP contribution in [-0.2, 0) is 28.8 Å². The molecule has 0 saturated carbocycles. The van der Waals surface area contributed by atoms with Gasteiger partial charge in [-0.05, 0) is 6.42 Å². The second kappa shape index (κ2) is 16.7. The van der Waals surface area contributed by atoms with Crippen molar-refractivity contribution in [2.45, 2.75) is 25.7 Å². The molecule has 246 valence electrons. The SMILES string of the molecule is O=C(O)CCC1C(=O)CC(=O)NC1=O.O=C(O)c1[nH]c(=O)[nH]c(=O)c1F.O=C(O)c1cc(=O)[nH]c(=O)[nH]1.O=C1CC(C(=O)O)=CN1. The average Bonchev–Trinajstić information content (AvgIpc) is 3.37. The van der Waals surface area contributed by atoms with Crippen molar-refractivity contribution in [3.63, 3.8) is 0 Å². The number of nitrogens with one attached hydrogen (secondary N) is 6. The number of Topliss-reactive ketones (excluding diaryl/α,β-unsaturated/α-hetero) is 1. The zero-order valence-electron chi connectivity index (χ0n) is 22.6. The number of aromatic carboxylic acids is 2. The van der Waals surface area contributed by atoms with E-state index >= 15 is 0 Å². The maximum atomic E-state index is 12.5. The standard InChI is InChI=1S/C8H9NO5.C5H3FN2O4.C5H4N2O4.C5H5NO3/c10-5-3-6(11)9-8(14)4(5)1-2-7(12)13;6-1-2(4(10)11)7-5(12)8-3(1)9;8-3-1-2(4(9)10)6-5(11)7-3;7-4-1-3(2-6-4)5(8)9/h4H,1-3H2,(H,12,13)(H,9,11,14);(H,10,11)(H2,7,8,9,12);1H,(H,9,10)(H2,6,7,8,11);2H,1H2,(H,6,7)(H,8,9). The van der Waals surface area contributed by atoms with E-state index in [1.165, 1.54) is 11.2 Å². The molecule has 1 fully saturated rings. The highest BCUT2D eigenvalue weighted by molar-refractivity contribution is 6.18. The number of carbonyl (C=O) groups is 8. The number of hydrogen-bond donors (Lipinski definition) is 10. The summed E-state index contributed by atoms with van der Waals surface area (Å²) in [5.41, 5.74) is -5.29. The largest absolute Gasteiger partial charge is 0.481 e. The fourth-order valence-corrected chi connectivity index (χ4v) is 3.04. The molecule has 4 rings (SSSR count). The normalized spacial score (nSPS) is 14.8. The Bertz CT molecular complexity index is 1800. The minimum atomic E-state index is -1.70. The Hall–Kier alpha value is -6.81. The predicted octanol–water partition coefficient (Wildman–Crippen LogP) is -3.78. The first-order valence-corrected chi connectivity index (χ1v) is 11.9. The van der Waals surface area contributed by atoms with Gasteiger partial charge in [-0.1, -0.05) is 0 Å². The number of ketones is 1. The van der Waals surface area contributed by atoms with Gasteiger partial charge in [-0.2, -0.15) is 4.39 Å². The van der Waals surface area contributed by atoms with E-state index in [0.29, 0.717) is 0 Å². The molecule has 10 N–H and O–H groups in total. The number of aliphatic carboxylic acids is 2. The lowest BCUT2D eigenvalue weighted by Crippen LogP contribution is -2.46. The third-order valence-corrected chi connectivity index (χ3v) is 5.07. The number of aromatic nitrogens is 4. The fourth-order valence-electron chi connectivity index (χ4n) is 3.04. The first-order valence-electron chi connectivity index (χ1n) is 11.9. The highest BCUT2D eigenvalue weighted by Gasteiger charge is 2.34. The third kappa shape index (κ3) is 12.2. The highest BCUT2D eigenvalue weighted by atomic mass is 19.1. The number of imide groups is 1. The second-order valence-electron chi connectivity index (χ2n) is 8.47. The monoisotopic (exact) mass is 656 g/mol. The van der Waals surface area contributed by atoms with Gasteiger partial charge in [-0.15, -0.1) is 0 Å². The summed E-state index contributed by atoms with van der Waals surface area (Å²) >= 11 is 0. The lowest BCUT2D eigenvalue weighted by Gasteiger charge is -2.18. The van der Waals surface area contributed by atoms with Crippen molar-refractivity contribution in [1.29, 1.82) is 0 Å². The van der Waals surface area contributed by atoms with Crippen LogP contribution in [0.25, 0.3) is 0 Å². The molecule has 1 saturated heterocycles. The van der Waals surface area contributed by atoms with Crippen molar-refractivity contribution in [3.8, 4) is 0 Å². The Kier molecular flexibility index (Phi) is 13.5. The third-order valence-electron chi connectivity index (χ3n) is 5.07. The van der Waals surface area contributed by atoms with Crippen molar-refractivity contribution in [1.82, 2.24) is 30.6 Å². The van der Waals surface area contributed by atoms with Crippen LogP contribution >= 0.6 is 0 Å². The van der Waals surface area contributed by atoms with E-state index in [0.717, 1.165) is 6.07 Å². The highest BCUT2D eigenvalue weighted by Crippen LogP contribution is 2.14. The van der Waals surface area contributed by atoms with Gasteiger partial charge in [-0.25, -0.2) is 24.0 Å². The molecular formula is C23H21FN6O16. The average molecular weight is 656 g/mol. The number of H-pyrrole nitrogens is 4. The molecule has 2 aliphatic rings. The van der Waals surface area contributed by atoms with Gasteiger partial charge in [0.15, 0.2) is 11.5 Å². The summed E-state index contributed by atoms with van der Waals surface area (Å²) in [4.78, 5) is 133. The zero-order valence-corrected chi connectivity index (χ0v) is 22.6. The van der Waals surface area contributed by atoms with Crippen molar-refractivity contribution in [2.24, 2.45) is 5.92 Å². The topological polar surface area (TPSA) is 373 Å². The smallest absolute Gasteiger partial charge is 0.355 e. The molecule has 2 aromatic heterocycles. The van der Waals surface area contributed by atoms with Gasteiger partial charge in [0, 0.05) is 18.7 Å². The lowest BCUT2D eigenvalue weighted by molar-refractivity contribution is -0.144. The van der Waals surface area contributed by atoms with Gasteiger partial charge in [0.25, 0.3) is 11.1 Å². The summed E-state index contributed by atoms with van der Waals surface area (Å²) in [5.74, 6) is -9.70. The van der Waals surface area contributed by atoms with Gasteiger partial charge in [-0.3, -0.25) is 53.8 Å². The van der Waals surface area contributed by atoms with E-state index in [-0.39, 0.29) is 37.2 Å². The maximum Gasteiger partial charge on any atom is 0.355 e. The number of carboxylic acids is 4. The van der Waals surface area contributed by atoms with Crippen LogP contribution in [0.3, 0.4) is 0 Å². The van der Waals surface area contributed by atoms with Crippen LogP contribution in [0.2, 0.25) is 0 Å². The molecule has 1 unspecified atom stereocenters. The van der Waals surface area contributed by atoms with Crippen LogP contribution in [0, 0.1) is 11.7 Å². The first kappa shape index (κ1) is 37.2. The summed E-state index contributed by atoms with van der Waals surface area (Å²) in [5, 5.41) is 37.5. The molecule has 1 atom stereocenters. The number of carbonyl (C=O) groups excluding carboxylic acids is 4. The molecule has 0 radical (unpaired) electrons. The Labute approximate surface area is 250 Å². The van der Waals surface area contributed by atoms with Crippen LogP contribution in [0.5, 0.6) is 0 Å². The molecule has 0 aliphatic carbocycles. The van der Waals surface area contributed by atoms with Crippen molar-refractivity contribution >= 4 is 47.4 Å². The summed E-state index contributed by atoms with van der Waals surface area (Å²) in [7, 11) is 0. The van der Waals surface area contributed by atoms with Gasteiger partial charge in [0.05, 0.1) is 24.3 Å². The van der Waals surface area contributed by atoms with Gasteiger partial charge in [0.2, 0.25) is 23.5 Å². The minimum Gasteiger partial charge on any atom is -0.481 e. The minimum absolute atomic E-state index is 0.00463. The maximum absolute atomic E-state index is 12.5. The Morgan fingerprint density at radius 1 is 0.761 bits per heavy atom. The fraction of sp³-hybridized carbons (Fsp3) is 0.217. The molecule has 23 heteroatoms. The van der Waals surface area contributed by atoms with Gasteiger partial charge < -0.3 is 30.7 Å². The van der Waals surface area contributed by atoms with Crippen LogP contribution in [0.1, 0.15) is 46.7 Å². The van der Waals surface area contributed by atoms with E-state index in [2.05, 4.69) is 5.32 Å². The molecule has 4 heterocycles. The van der Waals surface area contributed by atoms with Crippen LogP contribution in [0.4, 0.5) is 4.39 Å². The summed E-state index contributed by atoms with van der Waals surface area (Å²) in [6, 6.07) is 0.795. The van der Waals surface area contributed by atoms with Gasteiger partial charge >= 0.3 is 35.3 Å². The number of hydrogen-bond acceptors (Lipinski definition) is 12. The molecule has 2 aromatic rings. The number of amides is 3. The molecular weight excluding hydrogens is 635 g/mol. The molecule has 0 spiro atoms. The quantitative estimate of drug-likeness (QED) is 0.105. The van der Waals surface area contributed by atoms with Crippen molar-refractivity contribution < 1.29 is 63.2 Å². The summed E-state index contributed by atoms with van der Waals surface area (Å²) in [6.45, 7) is 0. The zero-order chi connectivity index (χ0) is 35.3. The summed E-state index contributed by atoms with van der Waals surface area (Å²) in [6.07, 6.45) is 0.571. The molecule has 2 aliphatic heterocycles. The number of aromatic amines is 4. The van der Waals surface area contributed by atoms with Crippen molar-refractivity contribution in [2.75, 3.05) is 0 Å². The van der Waals surface area contributed by atoms with E-state index < -0.39 is 87.1 Å². The van der Waals surface area contributed by atoms with Crippen LogP contribution in [0.15, 0.2) is 37.0 Å². The van der Waals surface area contributed by atoms with Crippen LogP contribution in [-0.4, -0.2) is 87.7 Å². The molecule has 46 heavy (non-hydrogen) atoms. The lowest BCUT2D eigenvalue weighted by atomic mass is 9.92. The number of rotatable bonds is 6. The van der Waals surface area contributed by atoms with E-state index in [4.69, 9.17) is 20.4 Å². The van der Waals surface area contributed by atoms with E-state index in [9.17, 15) is 61.9 Å². The number of piperidine rings is 1. The first-order chi connectivity index (χ1) is 21.3. The number of halogens is 1. The second-order valence-corrected chi connectivity index (χ2v) is 8.47. The Balaban J connectivity index is 0.000000310. The number of carboxylic acid groups (broad SMARTS) is 4. The van der Waals surface area contributed by atoms with Gasteiger partial charge in [0.1, 0.15) is 5.69 Å². The molecule has 0 bridgehead atoms. The molecule has 3 amide bonds. The van der Waals surface area contributed by atoms with Crippen molar-refractivity contribution in [3.05, 3.63) is 76.7 Å². The van der Waals surface area contributed by atoms with Crippen LogP contribution < -0.4 is 33.1 Å². The van der Waals surface area contributed by atoms with E-state index in [1.54, 1.807) is 4.98 Å². The Morgan fingerprint density at radius 2 is 1.37 bits per heavy atom. The van der Waals surface area contributed by atoms with E-state index in [1.807, 2.05) is 15.3 Å². The molecule has 0 aromatic carbocycles. The predicted molar refractivity (Wildman–Crippen MR) is 141 cm³/mol. The Morgan fingerprint density at radius 3 is 1.80 bits per heavy atom. The summed E-state index contributed by atoms with van der Waals surface area (Å²) < 4.78 is 12.5. The molecule has 22 nitrogen and oxygen atoms in total.